The Kier molecular flexibility index (Phi) is 9.06. The van der Waals surface area contributed by atoms with Crippen molar-refractivity contribution in [3.8, 4) is 0 Å². The summed E-state index contributed by atoms with van der Waals surface area (Å²) in [6.45, 7) is 14.6. The highest BCUT2D eigenvalue weighted by Gasteiger charge is 2.59. The topological polar surface area (TPSA) is 26.3 Å². The first-order valence-corrected chi connectivity index (χ1v) is 14.6. The van der Waals surface area contributed by atoms with E-state index in [4.69, 9.17) is 4.74 Å². The lowest BCUT2D eigenvalue weighted by atomic mass is 9.47. The third-order valence-corrected chi connectivity index (χ3v) is 11.0. The van der Waals surface area contributed by atoms with Crippen LogP contribution in [-0.2, 0) is 9.53 Å². The number of carbonyl (C=O) groups is 1. The highest BCUT2D eigenvalue weighted by Crippen LogP contribution is 2.67. The van der Waals surface area contributed by atoms with E-state index in [-0.39, 0.29) is 19.5 Å². The molecule has 8 unspecified atom stereocenters. The molecule has 0 aromatic heterocycles. The summed E-state index contributed by atoms with van der Waals surface area (Å²) in [7, 11) is 0. The fourth-order valence-corrected chi connectivity index (χ4v) is 9.20. The number of carbonyl (C=O) groups excluding carboxylic acids is 1. The smallest absolute Gasteiger partial charge is 0.306 e. The van der Waals surface area contributed by atoms with Gasteiger partial charge in [0.2, 0.25) is 0 Å². The second-order valence-corrected chi connectivity index (χ2v) is 13.4. The van der Waals surface area contributed by atoms with Gasteiger partial charge in [0.15, 0.2) is 0 Å². The third-order valence-electron chi connectivity index (χ3n) is 11.0. The van der Waals surface area contributed by atoms with Crippen LogP contribution in [0.1, 0.15) is 132 Å². The normalized spacial score (nSPS) is 39.9. The SMILES string of the molecule is C.CCCC(=O)OC1CCC2(C)C(=CCC3C2CCC2(C)C(C(C)CCCC(C)C)CCC32)C1. The van der Waals surface area contributed by atoms with E-state index in [1.54, 1.807) is 5.57 Å². The van der Waals surface area contributed by atoms with Crippen LogP contribution in [0.3, 0.4) is 0 Å². The minimum absolute atomic E-state index is 0. The van der Waals surface area contributed by atoms with Gasteiger partial charge in [0.1, 0.15) is 6.10 Å². The van der Waals surface area contributed by atoms with Crippen LogP contribution in [0.15, 0.2) is 11.6 Å². The summed E-state index contributed by atoms with van der Waals surface area (Å²) in [6.07, 6.45) is 18.8. The van der Waals surface area contributed by atoms with Crippen molar-refractivity contribution in [2.24, 2.45) is 46.3 Å². The Balaban J connectivity index is 0.00000324. The molecule has 0 heterocycles. The van der Waals surface area contributed by atoms with Gasteiger partial charge in [0, 0.05) is 12.8 Å². The van der Waals surface area contributed by atoms with Gasteiger partial charge in [-0.05, 0) is 97.7 Å². The lowest BCUT2D eigenvalue weighted by Crippen LogP contribution is -2.51. The molecule has 0 bridgehead atoms. The number of allylic oxidation sites excluding steroid dienone is 1. The minimum Gasteiger partial charge on any atom is -0.462 e. The van der Waals surface area contributed by atoms with Gasteiger partial charge in [-0.25, -0.2) is 0 Å². The summed E-state index contributed by atoms with van der Waals surface area (Å²) in [6, 6.07) is 0. The van der Waals surface area contributed by atoms with Crippen LogP contribution in [0.2, 0.25) is 0 Å². The molecular weight excluding hydrogens is 416 g/mol. The summed E-state index contributed by atoms with van der Waals surface area (Å²) in [4.78, 5) is 12.1. The lowest BCUT2D eigenvalue weighted by molar-refractivity contribution is -0.151. The molecule has 2 nitrogen and oxygen atoms in total. The predicted molar refractivity (Wildman–Crippen MR) is 145 cm³/mol. The van der Waals surface area contributed by atoms with Gasteiger partial charge in [-0.1, -0.05) is 79.9 Å². The van der Waals surface area contributed by atoms with E-state index in [0.29, 0.717) is 17.3 Å². The maximum atomic E-state index is 12.1. The van der Waals surface area contributed by atoms with E-state index >= 15 is 0 Å². The van der Waals surface area contributed by atoms with Crippen molar-refractivity contribution in [1.29, 1.82) is 0 Å². The Morgan fingerprint density at radius 1 is 1.06 bits per heavy atom. The summed E-state index contributed by atoms with van der Waals surface area (Å²) in [5.41, 5.74) is 2.54. The second kappa shape index (κ2) is 11.1. The highest BCUT2D eigenvalue weighted by molar-refractivity contribution is 5.69. The summed E-state index contributed by atoms with van der Waals surface area (Å²) >= 11 is 0. The van der Waals surface area contributed by atoms with E-state index in [1.165, 1.54) is 57.8 Å². The highest BCUT2D eigenvalue weighted by atomic mass is 16.5. The number of ether oxygens (including phenoxy) is 1. The van der Waals surface area contributed by atoms with Crippen LogP contribution < -0.4 is 0 Å². The zero-order valence-electron chi connectivity index (χ0n) is 22.6. The molecule has 3 fully saturated rings. The minimum atomic E-state index is 0. The van der Waals surface area contributed by atoms with Crippen LogP contribution in [-0.4, -0.2) is 12.1 Å². The first kappa shape index (κ1) is 27.8. The Morgan fingerprint density at radius 2 is 1.82 bits per heavy atom. The van der Waals surface area contributed by atoms with Crippen molar-refractivity contribution >= 4 is 5.97 Å². The van der Waals surface area contributed by atoms with E-state index in [0.717, 1.165) is 54.8 Å². The molecule has 0 aromatic rings. The molecule has 8 atom stereocenters. The maximum Gasteiger partial charge on any atom is 0.306 e. The van der Waals surface area contributed by atoms with E-state index in [9.17, 15) is 4.79 Å². The van der Waals surface area contributed by atoms with Gasteiger partial charge in [-0.3, -0.25) is 4.79 Å². The van der Waals surface area contributed by atoms with Crippen LogP contribution in [0.4, 0.5) is 0 Å². The van der Waals surface area contributed by atoms with Crippen molar-refractivity contribution in [2.45, 2.75) is 139 Å². The van der Waals surface area contributed by atoms with Crippen molar-refractivity contribution < 1.29 is 9.53 Å². The van der Waals surface area contributed by atoms with Gasteiger partial charge in [0.05, 0.1) is 0 Å². The molecule has 0 spiro atoms. The van der Waals surface area contributed by atoms with Crippen molar-refractivity contribution in [3.63, 3.8) is 0 Å². The zero-order valence-corrected chi connectivity index (χ0v) is 22.6. The molecule has 0 N–H and O–H groups in total. The number of fused-ring (bicyclic) bond motifs is 5. The van der Waals surface area contributed by atoms with E-state index < -0.39 is 0 Å². The van der Waals surface area contributed by atoms with Crippen LogP contribution in [0.5, 0.6) is 0 Å². The molecule has 4 rings (SSSR count). The van der Waals surface area contributed by atoms with Crippen LogP contribution in [0, 0.1) is 46.3 Å². The van der Waals surface area contributed by atoms with Crippen LogP contribution >= 0.6 is 0 Å². The molecule has 34 heavy (non-hydrogen) atoms. The Labute approximate surface area is 212 Å². The number of rotatable bonds is 8. The van der Waals surface area contributed by atoms with Gasteiger partial charge in [0.25, 0.3) is 0 Å². The van der Waals surface area contributed by atoms with Gasteiger partial charge in [-0.2, -0.15) is 0 Å². The summed E-state index contributed by atoms with van der Waals surface area (Å²) < 4.78 is 5.85. The molecule has 0 aromatic carbocycles. The Morgan fingerprint density at radius 3 is 2.53 bits per heavy atom. The Bertz CT molecular complexity index is 723. The lowest BCUT2D eigenvalue weighted by Gasteiger charge is -2.58. The Hall–Kier alpha value is -0.790. The first-order chi connectivity index (χ1) is 15.7. The monoisotopic (exact) mass is 472 g/mol. The van der Waals surface area contributed by atoms with E-state index in [1.807, 2.05) is 0 Å². The van der Waals surface area contributed by atoms with Gasteiger partial charge in [-0.15, -0.1) is 0 Å². The molecule has 3 saturated carbocycles. The maximum absolute atomic E-state index is 12.1. The first-order valence-electron chi connectivity index (χ1n) is 14.6. The average Bonchev–Trinajstić information content (AvgIpc) is 3.11. The molecule has 2 heteroatoms. The third kappa shape index (κ3) is 5.17. The van der Waals surface area contributed by atoms with Gasteiger partial charge >= 0.3 is 5.97 Å². The van der Waals surface area contributed by atoms with Crippen molar-refractivity contribution in [3.05, 3.63) is 11.6 Å². The second-order valence-electron chi connectivity index (χ2n) is 13.4. The van der Waals surface area contributed by atoms with E-state index in [2.05, 4.69) is 47.6 Å². The molecule has 0 radical (unpaired) electrons. The molecular formula is C32H56O2. The molecule has 0 saturated heterocycles. The summed E-state index contributed by atoms with van der Waals surface area (Å²) in [5, 5.41) is 0. The fraction of sp³-hybridized carbons (Fsp3) is 0.906. The summed E-state index contributed by atoms with van der Waals surface area (Å²) in [5.74, 6) is 5.31. The molecule has 4 aliphatic rings. The largest absolute Gasteiger partial charge is 0.462 e. The fourth-order valence-electron chi connectivity index (χ4n) is 9.20. The average molecular weight is 473 g/mol. The standard InChI is InChI=1S/C31H52O2.CH4/c1-7-9-29(32)33-24-16-18-30(5)23(20-24)12-13-25-27-15-14-26(22(4)11-8-10-21(2)3)31(27,6)19-17-28(25)30;/h12,21-22,24-28H,7-11,13-20H2,1-6H3;1H4. The van der Waals surface area contributed by atoms with Gasteiger partial charge < -0.3 is 4.74 Å². The van der Waals surface area contributed by atoms with Crippen LogP contribution in [0.25, 0.3) is 0 Å². The number of esters is 1. The molecule has 196 valence electrons. The molecule has 0 aliphatic heterocycles. The molecule has 4 aliphatic carbocycles. The predicted octanol–water partition coefficient (Wildman–Crippen LogP) is 9.38. The number of hydrogen-bond acceptors (Lipinski definition) is 2. The van der Waals surface area contributed by atoms with Crippen molar-refractivity contribution in [2.75, 3.05) is 0 Å². The number of hydrogen-bond donors (Lipinski definition) is 0. The quantitative estimate of drug-likeness (QED) is 0.260. The van der Waals surface area contributed by atoms with Crippen molar-refractivity contribution in [1.82, 2.24) is 0 Å². The molecule has 0 amide bonds. The zero-order chi connectivity index (χ0) is 23.8.